The van der Waals surface area contributed by atoms with Crippen LogP contribution in [0.15, 0.2) is 10.5 Å². The summed E-state index contributed by atoms with van der Waals surface area (Å²) in [5, 5.41) is 0. The first-order valence-corrected chi connectivity index (χ1v) is 7.36. The topological polar surface area (TPSA) is 53.7 Å². The summed E-state index contributed by atoms with van der Waals surface area (Å²) in [6, 6.07) is 1.92. The minimum atomic E-state index is -0.0997. The van der Waals surface area contributed by atoms with Crippen LogP contribution in [-0.4, -0.2) is 25.9 Å². The molecule has 0 aromatic heterocycles. The van der Waals surface area contributed by atoms with Crippen molar-refractivity contribution < 1.29 is 14.2 Å². The molecule has 0 atom stereocenters. The molecule has 3 rings (SSSR count). The van der Waals surface area contributed by atoms with Crippen molar-refractivity contribution in [3.05, 3.63) is 16.1 Å². The van der Waals surface area contributed by atoms with Gasteiger partial charge < -0.3 is 19.9 Å². The number of rotatable bonds is 3. The lowest BCUT2D eigenvalue weighted by atomic mass is 10.0. The lowest BCUT2D eigenvalue weighted by Gasteiger charge is -2.19. The highest BCUT2D eigenvalue weighted by atomic mass is 79.9. The first kappa shape index (κ1) is 13.1. The third-order valence-electron chi connectivity index (χ3n) is 3.66. The smallest absolute Gasteiger partial charge is 0.168 e. The van der Waals surface area contributed by atoms with Crippen LogP contribution in [0.3, 0.4) is 0 Å². The van der Waals surface area contributed by atoms with Gasteiger partial charge in [-0.3, -0.25) is 0 Å². The number of methoxy groups -OCH3 is 1. The number of benzene rings is 1. The van der Waals surface area contributed by atoms with E-state index < -0.39 is 0 Å². The summed E-state index contributed by atoms with van der Waals surface area (Å²) in [5.41, 5.74) is 7.18. The zero-order chi connectivity index (χ0) is 13.5. The van der Waals surface area contributed by atoms with Gasteiger partial charge in [0.1, 0.15) is 5.75 Å². The van der Waals surface area contributed by atoms with Crippen LogP contribution in [0, 0.1) is 0 Å². The number of nitrogens with two attached hydrogens (primary N) is 1. The van der Waals surface area contributed by atoms with E-state index in [2.05, 4.69) is 15.9 Å². The van der Waals surface area contributed by atoms with E-state index in [1.165, 1.54) is 0 Å². The molecule has 1 saturated carbocycles. The Labute approximate surface area is 121 Å². The SMILES string of the molecule is COc1c(Br)cc2c(c1CC1(N)CC1)OCCCO2. The average molecular weight is 328 g/mol. The molecule has 0 amide bonds. The van der Waals surface area contributed by atoms with Crippen LogP contribution >= 0.6 is 15.9 Å². The summed E-state index contributed by atoms with van der Waals surface area (Å²) < 4.78 is 18.0. The molecule has 1 aromatic rings. The van der Waals surface area contributed by atoms with Crippen LogP contribution in [0.5, 0.6) is 17.2 Å². The van der Waals surface area contributed by atoms with Gasteiger partial charge >= 0.3 is 0 Å². The van der Waals surface area contributed by atoms with Crippen molar-refractivity contribution in [2.75, 3.05) is 20.3 Å². The molecule has 0 saturated heterocycles. The molecule has 4 nitrogen and oxygen atoms in total. The molecule has 1 heterocycles. The fourth-order valence-electron chi connectivity index (χ4n) is 2.39. The number of halogens is 1. The molecule has 5 heteroatoms. The summed E-state index contributed by atoms with van der Waals surface area (Å²) in [5.74, 6) is 2.39. The standard InChI is InChI=1S/C14H18BrNO3/c1-17-12-9(8-14(16)3-4-14)13-11(7-10(12)15)18-5-2-6-19-13/h7H,2-6,8,16H2,1H3. The second kappa shape index (κ2) is 4.87. The molecule has 19 heavy (non-hydrogen) atoms. The van der Waals surface area contributed by atoms with Crippen LogP contribution in [0.1, 0.15) is 24.8 Å². The lowest BCUT2D eigenvalue weighted by Crippen LogP contribution is -2.25. The van der Waals surface area contributed by atoms with Crippen LogP contribution in [0.4, 0.5) is 0 Å². The minimum Gasteiger partial charge on any atom is -0.495 e. The van der Waals surface area contributed by atoms with E-state index in [0.29, 0.717) is 13.2 Å². The van der Waals surface area contributed by atoms with Crippen molar-refractivity contribution >= 4 is 15.9 Å². The van der Waals surface area contributed by atoms with Crippen molar-refractivity contribution in [1.82, 2.24) is 0 Å². The minimum absolute atomic E-state index is 0.0997. The van der Waals surface area contributed by atoms with Gasteiger partial charge in [0.25, 0.3) is 0 Å². The fourth-order valence-corrected chi connectivity index (χ4v) is 3.00. The van der Waals surface area contributed by atoms with Gasteiger partial charge in [0, 0.05) is 23.6 Å². The Kier molecular flexibility index (Phi) is 3.35. The van der Waals surface area contributed by atoms with E-state index in [1.54, 1.807) is 7.11 Å². The third-order valence-corrected chi connectivity index (χ3v) is 4.25. The Balaban J connectivity index is 2.08. The molecule has 2 aliphatic rings. The van der Waals surface area contributed by atoms with E-state index >= 15 is 0 Å². The average Bonchev–Trinajstić information content (AvgIpc) is 3.13. The molecule has 2 N–H and O–H groups in total. The predicted octanol–water partition coefficient (Wildman–Crippen LogP) is 2.65. The normalized spacial score (nSPS) is 19.7. The Morgan fingerprint density at radius 1 is 1.37 bits per heavy atom. The second-order valence-electron chi connectivity index (χ2n) is 5.29. The maximum Gasteiger partial charge on any atom is 0.168 e. The first-order chi connectivity index (χ1) is 9.13. The molecule has 0 unspecified atom stereocenters. The molecular formula is C14H18BrNO3. The Morgan fingerprint density at radius 3 is 2.79 bits per heavy atom. The summed E-state index contributed by atoms with van der Waals surface area (Å²) >= 11 is 3.54. The molecule has 104 valence electrons. The van der Waals surface area contributed by atoms with Gasteiger partial charge in [0.15, 0.2) is 11.5 Å². The molecule has 1 aromatic carbocycles. The number of hydrogen-bond donors (Lipinski definition) is 1. The highest BCUT2D eigenvalue weighted by Crippen LogP contribution is 2.48. The van der Waals surface area contributed by atoms with Crippen LogP contribution in [0.25, 0.3) is 0 Å². The molecular weight excluding hydrogens is 310 g/mol. The van der Waals surface area contributed by atoms with Gasteiger partial charge in [-0.2, -0.15) is 0 Å². The third kappa shape index (κ3) is 2.54. The maximum absolute atomic E-state index is 6.26. The zero-order valence-electron chi connectivity index (χ0n) is 11.0. The van der Waals surface area contributed by atoms with Crippen LogP contribution in [-0.2, 0) is 6.42 Å². The Bertz CT molecular complexity index is 500. The van der Waals surface area contributed by atoms with Crippen molar-refractivity contribution in [2.45, 2.75) is 31.2 Å². The maximum atomic E-state index is 6.26. The highest BCUT2D eigenvalue weighted by Gasteiger charge is 2.40. The van der Waals surface area contributed by atoms with Crippen molar-refractivity contribution in [3.8, 4) is 17.2 Å². The Hall–Kier alpha value is -0.940. The van der Waals surface area contributed by atoms with Crippen molar-refractivity contribution in [1.29, 1.82) is 0 Å². The molecule has 0 bridgehead atoms. The number of fused-ring (bicyclic) bond motifs is 1. The van der Waals surface area contributed by atoms with Gasteiger partial charge in [0.2, 0.25) is 0 Å². The van der Waals surface area contributed by atoms with Gasteiger partial charge in [-0.1, -0.05) is 0 Å². The second-order valence-corrected chi connectivity index (χ2v) is 6.14. The Morgan fingerprint density at radius 2 is 2.11 bits per heavy atom. The molecule has 0 radical (unpaired) electrons. The fraction of sp³-hybridized carbons (Fsp3) is 0.571. The molecule has 0 spiro atoms. The molecule has 1 aliphatic heterocycles. The number of hydrogen-bond acceptors (Lipinski definition) is 4. The quantitative estimate of drug-likeness (QED) is 0.927. The number of ether oxygens (including phenoxy) is 3. The summed E-state index contributed by atoms with van der Waals surface area (Å²) in [7, 11) is 1.67. The van der Waals surface area contributed by atoms with E-state index in [4.69, 9.17) is 19.9 Å². The lowest BCUT2D eigenvalue weighted by molar-refractivity contribution is 0.295. The van der Waals surface area contributed by atoms with E-state index in [-0.39, 0.29) is 5.54 Å². The van der Waals surface area contributed by atoms with Gasteiger partial charge in [-0.15, -0.1) is 0 Å². The molecule has 1 fully saturated rings. The summed E-state index contributed by atoms with van der Waals surface area (Å²) in [6.07, 6.45) is 3.76. The van der Waals surface area contributed by atoms with Gasteiger partial charge in [-0.05, 0) is 35.2 Å². The van der Waals surface area contributed by atoms with Crippen LogP contribution in [0.2, 0.25) is 0 Å². The van der Waals surface area contributed by atoms with E-state index in [1.807, 2.05) is 6.07 Å². The highest BCUT2D eigenvalue weighted by molar-refractivity contribution is 9.10. The zero-order valence-corrected chi connectivity index (χ0v) is 12.6. The van der Waals surface area contributed by atoms with Crippen molar-refractivity contribution in [3.63, 3.8) is 0 Å². The van der Waals surface area contributed by atoms with Crippen molar-refractivity contribution in [2.24, 2.45) is 5.73 Å². The van der Waals surface area contributed by atoms with Crippen LogP contribution < -0.4 is 19.9 Å². The summed E-state index contributed by atoms with van der Waals surface area (Å²) in [6.45, 7) is 1.35. The van der Waals surface area contributed by atoms with E-state index in [9.17, 15) is 0 Å². The largest absolute Gasteiger partial charge is 0.495 e. The molecule has 1 aliphatic carbocycles. The van der Waals surface area contributed by atoms with E-state index in [0.717, 1.165) is 53.0 Å². The predicted molar refractivity (Wildman–Crippen MR) is 76.2 cm³/mol. The van der Waals surface area contributed by atoms with Gasteiger partial charge in [0.05, 0.1) is 24.8 Å². The summed E-state index contributed by atoms with van der Waals surface area (Å²) in [4.78, 5) is 0. The first-order valence-electron chi connectivity index (χ1n) is 6.57. The van der Waals surface area contributed by atoms with Gasteiger partial charge in [-0.25, -0.2) is 0 Å². The monoisotopic (exact) mass is 327 g/mol.